The molecule has 0 amide bonds. The monoisotopic (exact) mass is 195 g/mol. The molecule has 0 atom stereocenters. The van der Waals surface area contributed by atoms with Gasteiger partial charge in [0.05, 0.1) is 10.2 Å². The van der Waals surface area contributed by atoms with Gasteiger partial charge in [0.2, 0.25) is 0 Å². The van der Waals surface area contributed by atoms with Gasteiger partial charge in [-0.1, -0.05) is 25.2 Å². The zero-order valence-electron chi connectivity index (χ0n) is 7.74. The van der Waals surface area contributed by atoms with E-state index in [1.54, 1.807) is 0 Å². The summed E-state index contributed by atoms with van der Waals surface area (Å²) in [7, 11) is 0. The van der Waals surface area contributed by atoms with Crippen LogP contribution in [-0.2, 0) is 0 Å². The van der Waals surface area contributed by atoms with Crippen molar-refractivity contribution in [1.29, 1.82) is 0 Å². The number of benzene rings is 1. The summed E-state index contributed by atoms with van der Waals surface area (Å²) in [5.74, 6) is 0. The van der Waals surface area contributed by atoms with Gasteiger partial charge < -0.3 is 11.5 Å². The van der Waals surface area contributed by atoms with E-state index in [1.807, 2.05) is 32.0 Å². The Bertz CT molecular complexity index is 395. The quantitative estimate of drug-likeness (QED) is 0.635. The number of thiazole rings is 1. The van der Waals surface area contributed by atoms with Gasteiger partial charge in [-0.15, -0.1) is 0 Å². The summed E-state index contributed by atoms with van der Waals surface area (Å²) in [4.78, 5) is 4.10. The first-order valence-corrected chi connectivity index (χ1v) is 4.99. The second-order valence-electron chi connectivity index (χ2n) is 2.28. The van der Waals surface area contributed by atoms with Crippen molar-refractivity contribution < 1.29 is 0 Å². The van der Waals surface area contributed by atoms with Crippen molar-refractivity contribution in [2.45, 2.75) is 13.8 Å². The third kappa shape index (κ3) is 2.09. The summed E-state index contributed by atoms with van der Waals surface area (Å²) in [5, 5.41) is 0.589. The van der Waals surface area contributed by atoms with Crippen LogP contribution < -0.4 is 11.5 Å². The molecule has 1 aromatic carbocycles. The average molecular weight is 195 g/mol. The molecular formula is C9H13N3S. The van der Waals surface area contributed by atoms with Crippen molar-refractivity contribution in [3.63, 3.8) is 0 Å². The average Bonchev–Trinajstić information content (AvgIpc) is 2.48. The van der Waals surface area contributed by atoms with Crippen molar-refractivity contribution in [2.75, 3.05) is 11.5 Å². The first kappa shape index (κ1) is 9.80. The summed E-state index contributed by atoms with van der Waals surface area (Å²) in [5.41, 5.74) is 12.7. The lowest BCUT2D eigenvalue weighted by molar-refractivity contribution is 1.50. The van der Waals surface area contributed by atoms with E-state index in [0.717, 1.165) is 15.9 Å². The number of nitrogens with zero attached hydrogens (tertiary/aromatic N) is 1. The Labute approximate surface area is 81.4 Å². The number of rotatable bonds is 0. The molecule has 1 aromatic heterocycles. The van der Waals surface area contributed by atoms with Gasteiger partial charge in [-0.25, -0.2) is 4.98 Å². The molecule has 0 fully saturated rings. The molecule has 0 unspecified atom stereocenters. The summed E-state index contributed by atoms with van der Waals surface area (Å²) < 4.78 is 1.04. The van der Waals surface area contributed by atoms with E-state index in [1.165, 1.54) is 11.3 Å². The molecule has 0 bridgehead atoms. The Balaban J connectivity index is 0.000000396. The van der Waals surface area contributed by atoms with Crippen molar-refractivity contribution in [3.05, 3.63) is 18.2 Å². The van der Waals surface area contributed by atoms with Gasteiger partial charge in [-0.2, -0.15) is 0 Å². The molecule has 3 nitrogen and oxygen atoms in total. The maximum Gasteiger partial charge on any atom is 0.181 e. The van der Waals surface area contributed by atoms with Crippen LogP contribution in [0, 0.1) is 0 Å². The molecule has 0 radical (unpaired) electrons. The lowest BCUT2D eigenvalue weighted by atomic mass is 10.3. The Morgan fingerprint density at radius 1 is 1.23 bits per heavy atom. The predicted molar refractivity (Wildman–Crippen MR) is 59.8 cm³/mol. The number of fused-ring (bicyclic) bond motifs is 1. The van der Waals surface area contributed by atoms with Crippen LogP contribution in [-0.4, -0.2) is 4.98 Å². The highest BCUT2D eigenvalue weighted by atomic mass is 32.1. The first-order valence-electron chi connectivity index (χ1n) is 4.17. The van der Waals surface area contributed by atoms with E-state index in [9.17, 15) is 0 Å². The van der Waals surface area contributed by atoms with E-state index in [2.05, 4.69) is 4.98 Å². The van der Waals surface area contributed by atoms with Crippen molar-refractivity contribution in [3.8, 4) is 0 Å². The minimum Gasteiger partial charge on any atom is -0.399 e. The van der Waals surface area contributed by atoms with Gasteiger partial charge in [0.1, 0.15) is 0 Å². The number of aromatic nitrogens is 1. The maximum absolute atomic E-state index is 5.57. The summed E-state index contributed by atoms with van der Waals surface area (Å²) in [6, 6.07) is 5.57. The Morgan fingerprint density at radius 2 is 1.92 bits per heavy atom. The maximum atomic E-state index is 5.57. The molecule has 0 aliphatic heterocycles. The van der Waals surface area contributed by atoms with Crippen LogP contribution in [0.3, 0.4) is 0 Å². The third-order valence-corrected chi connectivity index (χ3v) is 2.28. The summed E-state index contributed by atoms with van der Waals surface area (Å²) in [6.45, 7) is 4.00. The molecule has 0 aliphatic rings. The van der Waals surface area contributed by atoms with Gasteiger partial charge in [-0.3, -0.25) is 0 Å². The number of hydrogen-bond donors (Lipinski definition) is 2. The molecule has 0 saturated heterocycles. The Kier molecular flexibility index (Phi) is 3.08. The highest BCUT2D eigenvalue weighted by Gasteiger charge is 1.99. The van der Waals surface area contributed by atoms with Crippen LogP contribution in [0.25, 0.3) is 10.2 Å². The van der Waals surface area contributed by atoms with Gasteiger partial charge in [0.15, 0.2) is 5.13 Å². The van der Waals surface area contributed by atoms with Gasteiger partial charge in [-0.05, 0) is 18.2 Å². The molecule has 0 spiro atoms. The molecular weight excluding hydrogens is 182 g/mol. The molecule has 4 N–H and O–H groups in total. The van der Waals surface area contributed by atoms with Crippen LogP contribution in [0.15, 0.2) is 18.2 Å². The number of nitrogen functional groups attached to an aromatic ring is 2. The largest absolute Gasteiger partial charge is 0.399 e. The highest BCUT2D eigenvalue weighted by Crippen LogP contribution is 2.24. The Hall–Kier alpha value is -1.29. The summed E-state index contributed by atoms with van der Waals surface area (Å²) >= 11 is 1.45. The minimum atomic E-state index is 0.589. The second-order valence-corrected chi connectivity index (χ2v) is 3.34. The first-order chi connectivity index (χ1) is 6.25. The van der Waals surface area contributed by atoms with Crippen molar-refractivity contribution in [1.82, 2.24) is 4.98 Å². The van der Waals surface area contributed by atoms with Crippen LogP contribution in [0.1, 0.15) is 13.8 Å². The lowest BCUT2D eigenvalue weighted by Crippen LogP contribution is -1.81. The minimum absolute atomic E-state index is 0.589. The third-order valence-electron chi connectivity index (χ3n) is 1.43. The molecule has 0 aliphatic carbocycles. The van der Waals surface area contributed by atoms with Crippen molar-refractivity contribution >= 4 is 32.4 Å². The van der Waals surface area contributed by atoms with Gasteiger partial charge >= 0.3 is 0 Å². The lowest BCUT2D eigenvalue weighted by Gasteiger charge is -1.88. The zero-order chi connectivity index (χ0) is 9.84. The van der Waals surface area contributed by atoms with Crippen LogP contribution in [0.5, 0.6) is 0 Å². The second kappa shape index (κ2) is 4.09. The topological polar surface area (TPSA) is 64.9 Å². The standard InChI is InChI=1S/C7H7N3S.C2H6/c8-4-1-2-5-6(3-4)11-7(9)10-5;1-2/h1-3H,8H2,(H2,9,10);1-2H3. The van der Waals surface area contributed by atoms with Gasteiger partial charge in [0, 0.05) is 5.69 Å². The number of anilines is 2. The zero-order valence-corrected chi connectivity index (χ0v) is 8.56. The van der Waals surface area contributed by atoms with Crippen molar-refractivity contribution in [2.24, 2.45) is 0 Å². The molecule has 1 heterocycles. The van der Waals surface area contributed by atoms with Crippen LogP contribution in [0.2, 0.25) is 0 Å². The molecule has 2 rings (SSSR count). The summed E-state index contributed by atoms with van der Waals surface area (Å²) in [6.07, 6.45) is 0. The van der Waals surface area contributed by atoms with E-state index in [0.29, 0.717) is 5.13 Å². The highest BCUT2D eigenvalue weighted by molar-refractivity contribution is 7.22. The molecule has 0 saturated carbocycles. The van der Waals surface area contributed by atoms with Crippen LogP contribution >= 0.6 is 11.3 Å². The number of hydrogen-bond acceptors (Lipinski definition) is 4. The van der Waals surface area contributed by atoms with Crippen LogP contribution in [0.4, 0.5) is 10.8 Å². The molecule has 70 valence electrons. The predicted octanol–water partition coefficient (Wildman–Crippen LogP) is 2.49. The van der Waals surface area contributed by atoms with E-state index < -0.39 is 0 Å². The van der Waals surface area contributed by atoms with E-state index in [-0.39, 0.29) is 0 Å². The fourth-order valence-electron chi connectivity index (χ4n) is 0.959. The fourth-order valence-corrected chi connectivity index (χ4v) is 1.74. The Morgan fingerprint density at radius 3 is 2.62 bits per heavy atom. The molecule has 13 heavy (non-hydrogen) atoms. The molecule has 4 heteroatoms. The van der Waals surface area contributed by atoms with E-state index >= 15 is 0 Å². The normalized spacial score (nSPS) is 9.38. The van der Waals surface area contributed by atoms with E-state index in [4.69, 9.17) is 11.5 Å². The fraction of sp³-hybridized carbons (Fsp3) is 0.222. The number of nitrogens with two attached hydrogens (primary N) is 2. The molecule has 2 aromatic rings. The van der Waals surface area contributed by atoms with Gasteiger partial charge in [0.25, 0.3) is 0 Å². The smallest absolute Gasteiger partial charge is 0.181 e. The SMILES string of the molecule is CC.Nc1ccc2nc(N)sc2c1.